The minimum absolute atomic E-state index is 0.128. The van der Waals surface area contributed by atoms with Crippen molar-refractivity contribution in [2.45, 2.75) is 19.3 Å². The molecule has 2 N–H and O–H groups in total. The number of hydrazone groups is 1. The first kappa shape index (κ1) is 13.1. The number of aromatic nitrogens is 1. The van der Waals surface area contributed by atoms with Crippen molar-refractivity contribution in [3.63, 3.8) is 0 Å². The maximum atomic E-state index is 11.7. The summed E-state index contributed by atoms with van der Waals surface area (Å²) in [6.45, 7) is 0. The van der Waals surface area contributed by atoms with Gasteiger partial charge in [-0.2, -0.15) is 10.4 Å². The molecule has 5 nitrogen and oxygen atoms in total. The number of pyridine rings is 1. The number of nitriles is 1. The van der Waals surface area contributed by atoms with E-state index in [0.29, 0.717) is 0 Å². The molecule has 2 aromatic rings. The van der Waals surface area contributed by atoms with Crippen LogP contribution in [0.25, 0.3) is 0 Å². The summed E-state index contributed by atoms with van der Waals surface area (Å²) in [6.07, 6.45) is 2.56. The molecule has 0 radical (unpaired) electrons. The third-order valence-electron chi connectivity index (χ3n) is 3.49. The van der Waals surface area contributed by atoms with E-state index in [0.717, 1.165) is 41.9 Å². The fourth-order valence-corrected chi connectivity index (χ4v) is 2.43. The molecule has 0 amide bonds. The van der Waals surface area contributed by atoms with Crippen molar-refractivity contribution in [1.29, 1.82) is 5.26 Å². The van der Waals surface area contributed by atoms with Gasteiger partial charge in [-0.1, -0.05) is 18.2 Å². The summed E-state index contributed by atoms with van der Waals surface area (Å²) >= 11 is 0. The molecule has 1 aromatic heterocycles. The number of rotatable bonds is 2. The maximum Gasteiger partial charge on any atom is 0.266 e. The highest BCUT2D eigenvalue weighted by molar-refractivity contribution is 6.02. The van der Waals surface area contributed by atoms with E-state index in [1.54, 1.807) is 6.07 Å². The van der Waals surface area contributed by atoms with E-state index in [1.807, 2.05) is 36.4 Å². The molecule has 0 fully saturated rings. The summed E-state index contributed by atoms with van der Waals surface area (Å²) in [5.74, 6) is 0. The minimum atomic E-state index is -0.325. The molecular formula is C16H14N4O. The normalized spacial score (nSPS) is 15.3. The molecule has 1 aliphatic rings. The number of benzene rings is 1. The van der Waals surface area contributed by atoms with Gasteiger partial charge in [0, 0.05) is 11.3 Å². The lowest BCUT2D eigenvalue weighted by molar-refractivity contribution is 0.801. The highest BCUT2D eigenvalue weighted by Gasteiger charge is 2.18. The summed E-state index contributed by atoms with van der Waals surface area (Å²) in [5.41, 5.74) is 6.32. The number of para-hydroxylation sites is 1. The maximum absolute atomic E-state index is 11.7. The van der Waals surface area contributed by atoms with Crippen molar-refractivity contribution in [3.8, 4) is 6.07 Å². The van der Waals surface area contributed by atoms with E-state index in [-0.39, 0.29) is 11.1 Å². The van der Waals surface area contributed by atoms with E-state index in [9.17, 15) is 4.79 Å². The number of hydrogen-bond acceptors (Lipinski definition) is 4. The Morgan fingerprint density at radius 3 is 2.81 bits per heavy atom. The molecule has 0 unspecified atom stereocenters. The van der Waals surface area contributed by atoms with Crippen LogP contribution in [-0.4, -0.2) is 10.7 Å². The molecule has 5 heteroatoms. The lowest BCUT2D eigenvalue weighted by Crippen LogP contribution is -2.22. The van der Waals surface area contributed by atoms with Gasteiger partial charge in [0.2, 0.25) is 0 Å². The van der Waals surface area contributed by atoms with Crippen LogP contribution in [0.4, 0.5) is 5.69 Å². The van der Waals surface area contributed by atoms with Gasteiger partial charge in [0.05, 0.1) is 11.4 Å². The Kier molecular flexibility index (Phi) is 3.52. The van der Waals surface area contributed by atoms with Crippen LogP contribution in [0.1, 0.15) is 29.7 Å². The lowest BCUT2D eigenvalue weighted by Gasteiger charge is -2.17. The van der Waals surface area contributed by atoms with Crippen molar-refractivity contribution in [2.75, 3.05) is 5.43 Å². The molecule has 21 heavy (non-hydrogen) atoms. The number of H-pyrrole nitrogens is 1. The second kappa shape index (κ2) is 5.63. The molecule has 0 bridgehead atoms. The Balaban J connectivity index is 1.97. The van der Waals surface area contributed by atoms with E-state index in [1.165, 1.54) is 0 Å². The Morgan fingerprint density at radius 1 is 1.24 bits per heavy atom. The van der Waals surface area contributed by atoms with E-state index < -0.39 is 0 Å². The smallest absolute Gasteiger partial charge is 0.266 e. The molecule has 3 rings (SSSR count). The number of hydrogen-bond donors (Lipinski definition) is 2. The fourth-order valence-electron chi connectivity index (χ4n) is 2.43. The monoisotopic (exact) mass is 278 g/mol. The van der Waals surface area contributed by atoms with E-state index in [4.69, 9.17) is 5.26 Å². The second-order valence-corrected chi connectivity index (χ2v) is 4.91. The molecule has 0 saturated carbocycles. The van der Waals surface area contributed by atoms with Crippen molar-refractivity contribution >= 4 is 11.4 Å². The lowest BCUT2D eigenvalue weighted by atomic mass is 9.93. The Bertz CT molecular complexity index is 784. The molecule has 0 spiro atoms. The van der Waals surface area contributed by atoms with Crippen LogP contribution >= 0.6 is 0 Å². The largest absolute Gasteiger partial charge is 0.324 e. The number of fused-ring (bicyclic) bond motifs is 1. The Hall–Kier alpha value is -2.87. The first-order chi connectivity index (χ1) is 10.3. The Morgan fingerprint density at radius 2 is 2.05 bits per heavy atom. The zero-order chi connectivity index (χ0) is 14.7. The van der Waals surface area contributed by atoms with Crippen molar-refractivity contribution < 1.29 is 0 Å². The van der Waals surface area contributed by atoms with E-state index in [2.05, 4.69) is 15.5 Å². The van der Waals surface area contributed by atoms with Crippen molar-refractivity contribution in [3.05, 3.63) is 63.6 Å². The van der Waals surface area contributed by atoms with Gasteiger partial charge in [0.25, 0.3) is 5.56 Å². The number of aryl methyl sites for hydroxylation is 1. The van der Waals surface area contributed by atoms with Crippen LogP contribution in [-0.2, 0) is 6.42 Å². The third kappa shape index (κ3) is 2.70. The zero-order valence-corrected chi connectivity index (χ0v) is 11.4. The number of anilines is 1. The first-order valence-corrected chi connectivity index (χ1v) is 6.82. The van der Waals surface area contributed by atoms with Crippen molar-refractivity contribution in [2.24, 2.45) is 5.10 Å². The van der Waals surface area contributed by atoms with Gasteiger partial charge in [-0.3, -0.25) is 10.2 Å². The van der Waals surface area contributed by atoms with Gasteiger partial charge in [-0.25, -0.2) is 0 Å². The molecule has 0 saturated heterocycles. The molecule has 104 valence electrons. The predicted molar refractivity (Wildman–Crippen MR) is 81.3 cm³/mol. The molecular weight excluding hydrogens is 264 g/mol. The predicted octanol–water partition coefficient (Wildman–Crippen LogP) is 2.40. The fraction of sp³-hybridized carbons (Fsp3) is 0.188. The number of aromatic amines is 1. The highest BCUT2D eigenvalue weighted by Crippen LogP contribution is 2.20. The van der Waals surface area contributed by atoms with Gasteiger partial charge in [0.15, 0.2) is 0 Å². The number of nitrogens with one attached hydrogen (secondary N) is 2. The topological polar surface area (TPSA) is 81.0 Å². The average molecular weight is 278 g/mol. The molecule has 0 atom stereocenters. The Labute approximate surface area is 121 Å². The summed E-state index contributed by atoms with van der Waals surface area (Å²) < 4.78 is 0. The first-order valence-electron chi connectivity index (χ1n) is 6.82. The van der Waals surface area contributed by atoms with Gasteiger partial charge in [-0.15, -0.1) is 0 Å². The zero-order valence-electron chi connectivity index (χ0n) is 11.4. The van der Waals surface area contributed by atoms with Gasteiger partial charge in [0.1, 0.15) is 11.6 Å². The van der Waals surface area contributed by atoms with Crippen LogP contribution in [0.2, 0.25) is 0 Å². The van der Waals surface area contributed by atoms with Crippen molar-refractivity contribution in [1.82, 2.24) is 4.98 Å². The molecule has 0 aliphatic heterocycles. The second-order valence-electron chi connectivity index (χ2n) is 4.91. The van der Waals surface area contributed by atoms with Crippen LogP contribution in [0.5, 0.6) is 0 Å². The van der Waals surface area contributed by atoms with E-state index >= 15 is 0 Å². The highest BCUT2D eigenvalue weighted by atomic mass is 16.1. The average Bonchev–Trinajstić information content (AvgIpc) is 2.53. The van der Waals surface area contributed by atoms with Crippen LogP contribution in [0.15, 0.2) is 46.3 Å². The van der Waals surface area contributed by atoms with Crippen LogP contribution in [0, 0.1) is 11.3 Å². The van der Waals surface area contributed by atoms with Crippen LogP contribution in [0.3, 0.4) is 0 Å². The summed E-state index contributed by atoms with van der Waals surface area (Å²) in [7, 11) is 0. The molecule has 1 heterocycles. The molecule has 1 aromatic carbocycles. The van der Waals surface area contributed by atoms with Gasteiger partial charge >= 0.3 is 0 Å². The SMILES string of the molecule is N#Cc1cc2c([nH]c1=O)CCCC2=NNc1ccccc1. The summed E-state index contributed by atoms with van der Waals surface area (Å²) in [6, 6.07) is 13.2. The number of nitrogens with zero attached hydrogens (tertiary/aromatic N) is 2. The van der Waals surface area contributed by atoms with Gasteiger partial charge in [-0.05, 0) is 37.5 Å². The standard InChI is InChI=1S/C16H14N4O/c17-10-11-9-13-14(18-16(11)21)7-4-8-15(13)20-19-12-5-2-1-3-6-12/h1-3,5-6,9,19H,4,7-8H2,(H,18,21). The van der Waals surface area contributed by atoms with Gasteiger partial charge < -0.3 is 4.98 Å². The van der Waals surface area contributed by atoms with Crippen LogP contribution < -0.4 is 11.0 Å². The summed E-state index contributed by atoms with van der Waals surface area (Å²) in [5, 5.41) is 13.4. The minimum Gasteiger partial charge on any atom is -0.324 e. The summed E-state index contributed by atoms with van der Waals surface area (Å²) in [4.78, 5) is 14.5. The quantitative estimate of drug-likeness (QED) is 0.828. The third-order valence-corrected chi connectivity index (χ3v) is 3.49. The molecule has 1 aliphatic carbocycles.